The fraction of sp³-hybridized carbons (Fsp3) is 0.348. The number of Topliss-reactive ketones (excluding diaryl/α,β-unsaturated/α-hetero) is 1. The van der Waals surface area contributed by atoms with E-state index in [9.17, 15) is 4.79 Å². The van der Waals surface area contributed by atoms with Gasteiger partial charge in [0.2, 0.25) is 0 Å². The van der Waals surface area contributed by atoms with Gasteiger partial charge in [0.25, 0.3) is 0 Å². The number of ketones is 1. The number of nitrogens with zero attached hydrogens (tertiary/aromatic N) is 4. The Kier molecular flexibility index (Phi) is 5.13. The number of fused-ring (bicyclic) bond motifs is 1. The van der Waals surface area contributed by atoms with E-state index in [0.717, 1.165) is 5.69 Å². The van der Waals surface area contributed by atoms with E-state index >= 15 is 8.78 Å². The van der Waals surface area contributed by atoms with Crippen LogP contribution in [-0.4, -0.2) is 34.9 Å². The maximum Gasteiger partial charge on any atom is 0.185 e. The summed E-state index contributed by atoms with van der Waals surface area (Å²) >= 11 is 0. The first-order valence-electron chi connectivity index (χ1n) is 10.0. The van der Waals surface area contributed by atoms with Crippen LogP contribution in [0.4, 0.5) is 14.5 Å². The lowest BCUT2D eigenvalue weighted by molar-refractivity contribution is 0.0927. The predicted molar refractivity (Wildman–Crippen MR) is 112 cm³/mol. The van der Waals surface area contributed by atoms with Crippen LogP contribution >= 0.6 is 0 Å². The summed E-state index contributed by atoms with van der Waals surface area (Å²) in [5, 5.41) is 8.03. The zero-order valence-corrected chi connectivity index (χ0v) is 17.5. The summed E-state index contributed by atoms with van der Waals surface area (Å²) in [4.78, 5) is 14.3. The lowest BCUT2D eigenvalue weighted by Crippen LogP contribution is -2.25. The van der Waals surface area contributed by atoms with Crippen molar-refractivity contribution in [3.05, 3.63) is 59.4 Å². The van der Waals surface area contributed by atoms with Crippen LogP contribution in [0.5, 0.6) is 0 Å². The molecular weight excluding hydrogens is 386 g/mol. The third-order valence-electron chi connectivity index (χ3n) is 5.80. The zero-order chi connectivity index (χ0) is 21.6. The molecule has 0 aliphatic heterocycles. The molecule has 30 heavy (non-hydrogen) atoms. The van der Waals surface area contributed by atoms with Crippen LogP contribution < -0.4 is 4.90 Å². The highest BCUT2D eigenvalue weighted by molar-refractivity contribution is 5.96. The quantitative estimate of drug-likeness (QED) is 0.627. The van der Waals surface area contributed by atoms with Gasteiger partial charge in [0, 0.05) is 38.3 Å². The molecule has 156 valence electrons. The molecule has 0 amide bonds. The van der Waals surface area contributed by atoms with E-state index in [0.29, 0.717) is 35.7 Å². The molecule has 0 saturated carbocycles. The van der Waals surface area contributed by atoms with Gasteiger partial charge in [-0.15, -0.1) is 5.10 Å². The molecule has 1 heterocycles. The Hall–Kier alpha value is -3.09. The normalized spacial score (nSPS) is 16.1. The molecule has 0 unspecified atom stereocenters. The van der Waals surface area contributed by atoms with Gasteiger partial charge in [0.1, 0.15) is 11.6 Å². The topological polar surface area (TPSA) is 51.0 Å². The van der Waals surface area contributed by atoms with E-state index in [1.54, 1.807) is 18.2 Å². The average molecular weight is 410 g/mol. The van der Waals surface area contributed by atoms with Gasteiger partial charge in [-0.25, -0.2) is 13.5 Å². The number of rotatable bonds is 4. The first kappa shape index (κ1) is 20.2. The van der Waals surface area contributed by atoms with E-state index in [4.69, 9.17) is 0 Å². The van der Waals surface area contributed by atoms with Crippen LogP contribution in [0.25, 0.3) is 16.8 Å². The van der Waals surface area contributed by atoms with Crippen LogP contribution in [0.2, 0.25) is 0 Å². The molecule has 0 radical (unpaired) electrons. The second kappa shape index (κ2) is 7.63. The molecule has 3 aromatic rings. The van der Waals surface area contributed by atoms with Crippen molar-refractivity contribution in [3.8, 4) is 16.8 Å². The maximum atomic E-state index is 15.1. The highest BCUT2D eigenvalue weighted by Crippen LogP contribution is 2.33. The number of anilines is 1. The van der Waals surface area contributed by atoms with Crippen LogP contribution in [0.3, 0.4) is 0 Å². The molecule has 5 nitrogen and oxygen atoms in total. The van der Waals surface area contributed by atoms with Crippen molar-refractivity contribution in [2.45, 2.75) is 26.7 Å². The van der Waals surface area contributed by atoms with Gasteiger partial charge in [-0.2, -0.15) is 0 Å². The van der Waals surface area contributed by atoms with E-state index < -0.39 is 11.6 Å². The number of carbonyl (C=O) groups is 1. The zero-order valence-electron chi connectivity index (χ0n) is 17.5. The molecule has 0 bridgehead atoms. The molecule has 0 N–H and O–H groups in total. The molecule has 7 heteroatoms. The number of hydrogen-bond donors (Lipinski definition) is 0. The van der Waals surface area contributed by atoms with E-state index in [-0.39, 0.29) is 23.0 Å². The first-order chi connectivity index (χ1) is 14.3. The number of aromatic nitrogens is 3. The number of carbonyl (C=O) groups excluding carboxylic acids is 1. The van der Waals surface area contributed by atoms with Crippen molar-refractivity contribution in [3.63, 3.8) is 0 Å². The standard InChI is InChI=1S/C23H24F2N4O/c1-13(2)15-9-20-23(21(30)10-15)26-27-29(20)17-11-18(24)22(19(25)12-17)14-6-5-7-16(8-14)28(3)4/h5-8,11-13,15H,9-10H2,1-4H3/t15-/m1/s1. The summed E-state index contributed by atoms with van der Waals surface area (Å²) in [6.07, 6.45) is 1.02. The number of halogens is 2. The monoisotopic (exact) mass is 410 g/mol. The second-order valence-electron chi connectivity index (χ2n) is 8.36. The number of benzene rings is 2. The SMILES string of the molecule is CC(C)[C@H]1CC(=O)c2nnn(-c3cc(F)c(-c4cccc(N(C)C)c4)c(F)c3)c2C1. The van der Waals surface area contributed by atoms with Crippen molar-refractivity contribution in [2.75, 3.05) is 19.0 Å². The van der Waals surface area contributed by atoms with Crippen molar-refractivity contribution in [1.82, 2.24) is 15.0 Å². The van der Waals surface area contributed by atoms with Gasteiger partial charge >= 0.3 is 0 Å². The molecule has 1 aliphatic rings. The molecule has 0 fully saturated rings. The van der Waals surface area contributed by atoms with Crippen molar-refractivity contribution >= 4 is 11.5 Å². The molecule has 2 aromatic carbocycles. The molecule has 0 spiro atoms. The van der Waals surface area contributed by atoms with E-state index in [1.165, 1.54) is 16.8 Å². The Balaban J connectivity index is 1.77. The summed E-state index contributed by atoms with van der Waals surface area (Å²) in [6, 6.07) is 9.56. The third-order valence-corrected chi connectivity index (χ3v) is 5.80. The minimum atomic E-state index is -0.687. The Morgan fingerprint density at radius 1 is 1.10 bits per heavy atom. The largest absolute Gasteiger partial charge is 0.378 e. The molecular formula is C23H24F2N4O. The summed E-state index contributed by atoms with van der Waals surface area (Å²) in [5.74, 6) is -0.977. The lowest BCUT2D eigenvalue weighted by Gasteiger charge is -2.24. The molecule has 0 saturated heterocycles. The van der Waals surface area contributed by atoms with E-state index in [2.05, 4.69) is 24.2 Å². The third kappa shape index (κ3) is 3.49. The minimum Gasteiger partial charge on any atom is -0.378 e. The Bertz CT molecular complexity index is 1100. The molecule has 4 rings (SSSR count). The maximum absolute atomic E-state index is 15.1. The smallest absolute Gasteiger partial charge is 0.185 e. The Morgan fingerprint density at radius 3 is 2.43 bits per heavy atom. The lowest BCUT2D eigenvalue weighted by atomic mass is 9.81. The molecule has 1 aromatic heterocycles. The predicted octanol–water partition coefficient (Wildman–Crippen LogP) is 4.68. The van der Waals surface area contributed by atoms with Gasteiger partial charge in [0.15, 0.2) is 11.5 Å². The van der Waals surface area contributed by atoms with Gasteiger partial charge in [0.05, 0.1) is 16.9 Å². The fourth-order valence-corrected chi connectivity index (χ4v) is 3.93. The minimum absolute atomic E-state index is 0.0701. The van der Waals surface area contributed by atoms with Crippen LogP contribution in [0, 0.1) is 23.5 Å². The van der Waals surface area contributed by atoms with E-state index in [1.807, 2.05) is 25.1 Å². The van der Waals surface area contributed by atoms with Gasteiger partial charge in [-0.3, -0.25) is 4.79 Å². The molecule has 1 aliphatic carbocycles. The Morgan fingerprint density at radius 2 is 1.80 bits per heavy atom. The van der Waals surface area contributed by atoms with Gasteiger partial charge in [-0.05, 0) is 36.0 Å². The summed E-state index contributed by atoms with van der Waals surface area (Å²) in [7, 11) is 3.74. The summed E-state index contributed by atoms with van der Waals surface area (Å²) < 4.78 is 31.5. The van der Waals surface area contributed by atoms with Crippen molar-refractivity contribution in [1.29, 1.82) is 0 Å². The first-order valence-corrected chi connectivity index (χ1v) is 10.0. The second-order valence-corrected chi connectivity index (χ2v) is 8.36. The number of hydrogen-bond acceptors (Lipinski definition) is 4. The Labute approximate surface area is 174 Å². The summed E-state index contributed by atoms with van der Waals surface area (Å²) in [5.41, 5.74) is 2.36. The van der Waals surface area contributed by atoms with Gasteiger partial charge in [-0.1, -0.05) is 31.2 Å². The summed E-state index contributed by atoms with van der Waals surface area (Å²) in [6.45, 7) is 4.13. The fourth-order valence-electron chi connectivity index (χ4n) is 3.93. The van der Waals surface area contributed by atoms with Crippen molar-refractivity contribution in [2.24, 2.45) is 11.8 Å². The van der Waals surface area contributed by atoms with Crippen LogP contribution in [0.1, 0.15) is 36.5 Å². The molecule has 1 atom stereocenters. The van der Waals surface area contributed by atoms with Crippen LogP contribution in [-0.2, 0) is 6.42 Å². The average Bonchev–Trinajstić information content (AvgIpc) is 3.12. The highest BCUT2D eigenvalue weighted by Gasteiger charge is 2.32. The highest BCUT2D eigenvalue weighted by atomic mass is 19.1. The van der Waals surface area contributed by atoms with Crippen molar-refractivity contribution < 1.29 is 13.6 Å². The van der Waals surface area contributed by atoms with Crippen LogP contribution in [0.15, 0.2) is 36.4 Å². The van der Waals surface area contributed by atoms with Gasteiger partial charge < -0.3 is 4.90 Å².